The maximum Gasteiger partial charge on any atom is 0.306 e. The molecule has 2 aliphatic heterocycles. The number of sulfone groups is 1. The van der Waals surface area contributed by atoms with Gasteiger partial charge in [0.05, 0.1) is 29.2 Å². The second kappa shape index (κ2) is 7.48. The van der Waals surface area contributed by atoms with Crippen molar-refractivity contribution in [2.45, 2.75) is 19.3 Å². The molecule has 140 valence electrons. The van der Waals surface area contributed by atoms with Crippen molar-refractivity contribution >= 4 is 43.6 Å². The van der Waals surface area contributed by atoms with Gasteiger partial charge in [-0.25, -0.2) is 8.42 Å². The lowest BCUT2D eigenvalue weighted by molar-refractivity contribution is -0.144. The molecule has 0 bridgehead atoms. The van der Waals surface area contributed by atoms with Gasteiger partial charge in [-0.05, 0) is 37.0 Å². The van der Waals surface area contributed by atoms with E-state index < -0.39 is 15.8 Å². The Kier molecular flexibility index (Phi) is 5.47. The number of benzene rings is 1. The summed E-state index contributed by atoms with van der Waals surface area (Å²) in [6, 6.07) is 4.93. The lowest BCUT2D eigenvalue weighted by Gasteiger charge is -2.14. The van der Waals surface area contributed by atoms with Gasteiger partial charge in [-0.2, -0.15) is 0 Å². The number of esters is 1. The van der Waals surface area contributed by atoms with Gasteiger partial charge in [0.25, 0.3) is 11.8 Å². The average Bonchev–Trinajstić information content (AvgIpc) is 3.02. The van der Waals surface area contributed by atoms with E-state index in [-0.39, 0.29) is 48.8 Å². The van der Waals surface area contributed by atoms with Crippen molar-refractivity contribution in [1.82, 2.24) is 4.90 Å². The van der Waals surface area contributed by atoms with Gasteiger partial charge in [0, 0.05) is 17.4 Å². The van der Waals surface area contributed by atoms with Crippen molar-refractivity contribution in [3.8, 4) is 0 Å². The van der Waals surface area contributed by atoms with Crippen LogP contribution in [0, 0.1) is 5.92 Å². The number of amides is 2. The number of imide groups is 1. The summed E-state index contributed by atoms with van der Waals surface area (Å²) in [4.78, 5) is 37.5. The molecule has 2 aliphatic rings. The summed E-state index contributed by atoms with van der Waals surface area (Å²) < 4.78 is 28.6. The SMILES string of the molecule is O=C(CC1CCS(=O)(=O)C1)OCCCN1C(=O)c2ccc(Br)cc2C1=O. The van der Waals surface area contributed by atoms with E-state index in [1.807, 2.05) is 0 Å². The van der Waals surface area contributed by atoms with Crippen LogP contribution in [0.4, 0.5) is 0 Å². The van der Waals surface area contributed by atoms with Crippen molar-refractivity contribution in [1.29, 1.82) is 0 Å². The van der Waals surface area contributed by atoms with Gasteiger partial charge < -0.3 is 4.74 Å². The number of fused-ring (bicyclic) bond motifs is 1. The van der Waals surface area contributed by atoms with E-state index in [0.717, 1.165) is 9.37 Å². The zero-order chi connectivity index (χ0) is 18.9. The predicted octanol–water partition coefficient (Wildman–Crippen LogP) is 1.80. The Balaban J connectivity index is 1.44. The summed E-state index contributed by atoms with van der Waals surface area (Å²) in [6.45, 7) is 0.241. The summed E-state index contributed by atoms with van der Waals surface area (Å²) in [5, 5.41) is 0. The van der Waals surface area contributed by atoms with Crippen LogP contribution in [0.15, 0.2) is 22.7 Å². The first-order valence-electron chi connectivity index (χ1n) is 8.28. The minimum absolute atomic E-state index is 0.0344. The molecule has 26 heavy (non-hydrogen) atoms. The van der Waals surface area contributed by atoms with E-state index in [0.29, 0.717) is 24.0 Å². The molecule has 2 heterocycles. The number of nitrogens with zero attached hydrogens (tertiary/aromatic N) is 1. The third-order valence-electron chi connectivity index (χ3n) is 4.50. The molecular weight excluding hydrogens is 426 g/mol. The molecule has 1 fully saturated rings. The molecule has 7 nitrogen and oxygen atoms in total. The number of carbonyl (C=O) groups excluding carboxylic acids is 3. The molecule has 1 atom stereocenters. The summed E-state index contributed by atoms with van der Waals surface area (Å²) >= 11 is 3.28. The molecule has 1 saturated heterocycles. The summed E-state index contributed by atoms with van der Waals surface area (Å²) in [7, 11) is -3.01. The lowest BCUT2D eigenvalue weighted by Crippen LogP contribution is -2.31. The number of hydrogen-bond donors (Lipinski definition) is 0. The lowest BCUT2D eigenvalue weighted by atomic mass is 10.1. The maximum atomic E-state index is 12.3. The second-order valence-corrected chi connectivity index (χ2v) is 9.64. The van der Waals surface area contributed by atoms with Crippen LogP contribution >= 0.6 is 15.9 Å². The highest BCUT2D eigenvalue weighted by atomic mass is 79.9. The molecular formula is C17H18BrNO6S. The summed E-state index contributed by atoms with van der Waals surface area (Å²) in [5.74, 6) is -1.16. The molecule has 0 radical (unpaired) electrons. The Morgan fingerprint density at radius 1 is 1.23 bits per heavy atom. The van der Waals surface area contributed by atoms with Gasteiger partial charge >= 0.3 is 5.97 Å². The fraction of sp³-hybridized carbons (Fsp3) is 0.471. The molecule has 0 aromatic heterocycles. The van der Waals surface area contributed by atoms with Crippen LogP contribution in [0.1, 0.15) is 40.0 Å². The minimum Gasteiger partial charge on any atom is -0.466 e. The van der Waals surface area contributed by atoms with Gasteiger partial charge in [-0.15, -0.1) is 0 Å². The van der Waals surface area contributed by atoms with Gasteiger partial charge in [0.15, 0.2) is 9.84 Å². The van der Waals surface area contributed by atoms with E-state index in [1.54, 1.807) is 18.2 Å². The molecule has 0 aliphatic carbocycles. The molecule has 3 rings (SSSR count). The zero-order valence-corrected chi connectivity index (χ0v) is 16.3. The van der Waals surface area contributed by atoms with Crippen molar-refractivity contribution < 1.29 is 27.5 Å². The fourth-order valence-corrected chi connectivity index (χ4v) is 5.43. The van der Waals surface area contributed by atoms with Crippen LogP contribution < -0.4 is 0 Å². The van der Waals surface area contributed by atoms with E-state index in [4.69, 9.17) is 4.74 Å². The molecule has 9 heteroatoms. The molecule has 0 spiro atoms. The van der Waals surface area contributed by atoms with Gasteiger partial charge in [0.1, 0.15) is 0 Å². The van der Waals surface area contributed by atoms with Crippen LogP contribution in [0.3, 0.4) is 0 Å². The highest BCUT2D eigenvalue weighted by Gasteiger charge is 2.35. The van der Waals surface area contributed by atoms with Gasteiger partial charge in [-0.3, -0.25) is 19.3 Å². The van der Waals surface area contributed by atoms with Crippen LogP contribution in [0.5, 0.6) is 0 Å². The normalized spacial score (nSPS) is 21.1. The van der Waals surface area contributed by atoms with Crippen LogP contribution in [0.25, 0.3) is 0 Å². The topological polar surface area (TPSA) is 97.8 Å². The molecule has 1 aromatic carbocycles. The predicted molar refractivity (Wildman–Crippen MR) is 96.5 cm³/mol. The Morgan fingerprint density at radius 3 is 2.65 bits per heavy atom. The quantitative estimate of drug-likeness (QED) is 0.377. The van der Waals surface area contributed by atoms with Crippen molar-refractivity contribution in [2.24, 2.45) is 5.92 Å². The number of carbonyl (C=O) groups is 3. The first kappa shape index (κ1) is 19.0. The first-order chi connectivity index (χ1) is 12.3. The number of ether oxygens (including phenoxy) is 1. The standard InChI is InChI=1S/C17H18BrNO6S/c18-12-2-3-13-14(9-12)17(22)19(16(13)21)5-1-6-25-15(20)8-11-4-7-26(23,24)10-11/h2-3,9,11H,1,4-8,10H2. The Morgan fingerprint density at radius 2 is 1.96 bits per heavy atom. The second-order valence-electron chi connectivity index (χ2n) is 6.50. The monoisotopic (exact) mass is 443 g/mol. The third-order valence-corrected chi connectivity index (χ3v) is 6.83. The molecule has 0 N–H and O–H groups in total. The third kappa shape index (κ3) is 4.15. The van der Waals surface area contributed by atoms with Crippen LogP contribution in [-0.2, 0) is 19.4 Å². The Bertz CT molecular complexity index is 866. The highest BCUT2D eigenvalue weighted by molar-refractivity contribution is 9.10. The molecule has 1 unspecified atom stereocenters. The summed E-state index contributed by atoms with van der Waals surface area (Å²) in [6.07, 6.45) is 0.906. The van der Waals surface area contributed by atoms with Crippen LogP contribution in [0.2, 0.25) is 0 Å². The van der Waals surface area contributed by atoms with Gasteiger partial charge in [0.2, 0.25) is 0 Å². The number of halogens is 1. The Hall–Kier alpha value is -1.74. The number of hydrogen-bond acceptors (Lipinski definition) is 6. The van der Waals surface area contributed by atoms with Crippen molar-refractivity contribution in [2.75, 3.05) is 24.7 Å². The molecule has 0 saturated carbocycles. The molecule has 1 aromatic rings. The van der Waals surface area contributed by atoms with Gasteiger partial charge in [-0.1, -0.05) is 15.9 Å². The molecule has 2 amide bonds. The first-order valence-corrected chi connectivity index (χ1v) is 10.9. The van der Waals surface area contributed by atoms with E-state index >= 15 is 0 Å². The Labute approximate surface area is 159 Å². The van der Waals surface area contributed by atoms with E-state index in [2.05, 4.69) is 15.9 Å². The van der Waals surface area contributed by atoms with Crippen molar-refractivity contribution in [3.63, 3.8) is 0 Å². The van der Waals surface area contributed by atoms with E-state index in [1.165, 1.54) is 0 Å². The smallest absolute Gasteiger partial charge is 0.306 e. The zero-order valence-electron chi connectivity index (χ0n) is 13.9. The highest BCUT2D eigenvalue weighted by Crippen LogP contribution is 2.26. The summed E-state index contributed by atoms with van der Waals surface area (Å²) in [5.41, 5.74) is 0.737. The van der Waals surface area contributed by atoms with Crippen LogP contribution in [-0.4, -0.2) is 55.8 Å². The average molecular weight is 444 g/mol. The minimum atomic E-state index is -3.01. The number of rotatable bonds is 6. The fourth-order valence-electron chi connectivity index (χ4n) is 3.20. The van der Waals surface area contributed by atoms with Crippen molar-refractivity contribution in [3.05, 3.63) is 33.8 Å². The maximum absolute atomic E-state index is 12.3. The van der Waals surface area contributed by atoms with E-state index in [9.17, 15) is 22.8 Å². The largest absolute Gasteiger partial charge is 0.466 e.